The van der Waals surface area contributed by atoms with Crippen LogP contribution in [0.1, 0.15) is 27.2 Å². The Bertz CT molecular complexity index is 1210. The smallest absolute Gasteiger partial charge is 0.416 e. The maximum absolute atomic E-state index is 13.2. The third kappa shape index (κ3) is 3.78. The van der Waals surface area contributed by atoms with Gasteiger partial charge >= 0.3 is 12.1 Å². The van der Waals surface area contributed by atoms with E-state index in [9.17, 15) is 18.0 Å². The fourth-order valence-corrected chi connectivity index (χ4v) is 3.27. The minimum Gasteiger partial charge on any atom is -0.456 e. The Morgan fingerprint density at radius 3 is 2.47 bits per heavy atom. The van der Waals surface area contributed by atoms with Crippen molar-refractivity contribution >= 4 is 11.6 Å². The zero-order valence-corrected chi connectivity index (χ0v) is 16.0. The number of carbonyl (C=O) groups excluding carboxylic acids is 1. The number of alkyl halides is 3. The predicted octanol–water partition coefficient (Wildman–Crippen LogP) is 5.69. The molecule has 0 bridgehead atoms. The van der Waals surface area contributed by atoms with Crippen LogP contribution in [-0.4, -0.2) is 15.4 Å². The van der Waals surface area contributed by atoms with Crippen LogP contribution >= 0.6 is 0 Å². The summed E-state index contributed by atoms with van der Waals surface area (Å²) in [6.45, 7) is 1.41. The summed E-state index contributed by atoms with van der Waals surface area (Å²) in [5.74, 6) is -0.748. The minimum atomic E-state index is -4.53. The highest BCUT2D eigenvalue weighted by Gasteiger charge is 2.33. The molecule has 7 heteroatoms. The molecule has 0 N–H and O–H groups in total. The highest BCUT2D eigenvalue weighted by atomic mass is 19.4. The molecule has 0 saturated heterocycles. The highest BCUT2D eigenvalue weighted by Crippen LogP contribution is 2.32. The van der Waals surface area contributed by atoms with Gasteiger partial charge in [0, 0.05) is 17.3 Å². The van der Waals surface area contributed by atoms with Crippen molar-refractivity contribution in [3.05, 3.63) is 95.3 Å². The molecule has 152 valence electrons. The molecule has 0 aliphatic rings. The summed E-state index contributed by atoms with van der Waals surface area (Å²) in [5, 5.41) is 0. The number of benzene rings is 2. The van der Waals surface area contributed by atoms with E-state index in [2.05, 4.69) is 4.98 Å². The maximum Gasteiger partial charge on any atom is 0.416 e. The molecule has 0 unspecified atom stereocenters. The first-order valence-electron chi connectivity index (χ1n) is 9.21. The van der Waals surface area contributed by atoms with Crippen molar-refractivity contribution in [3.8, 4) is 11.3 Å². The highest BCUT2D eigenvalue weighted by molar-refractivity contribution is 5.96. The number of esters is 1. The average molecular weight is 410 g/mol. The largest absolute Gasteiger partial charge is 0.456 e. The molecular weight excluding hydrogens is 393 g/mol. The van der Waals surface area contributed by atoms with Crippen molar-refractivity contribution in [2.45, 2.75) is 19.7 Å². The van der Waals surface area contributed by atoms with E-state index in [0.717, 1.165) is 11.6 Å². The van der Waals surface area contributed by atoms with Crippen LogP contribution < -0.4 is 0 Å². The van der Waals surface area contributed by atoms with Crippen LogP contribution in [0.25, 0.3) is 16.9 Å². The van der Waals surface area contributed by atoms with Crippen LogP contribution in [0.2, 0.25) is 0 Å². The number of carbonyl (C=O) groups is 1. The summed E-state index contributed by atoms with van der Waals surface area (Å²) >= 11 is 0. The fourth-order valence-electron chi connectivity index (χ4n) is 3.27. The van der Waals surface area contributed by atoms with E-state index in [4.69, 9.17) is 4.74 Å². The van der Waals surface area contributed by atoms with Gasteiger partial charge in [-0.2, -0.15) is 13.2 Å². The van der Waals surface area contributed by atoms with Gasteiger partial charge in [-0.1, -0.05) is 48.5 Å². The molecule has 4 aromatic rings. The second-order valence-corrected chi connectivity index (χ2v) is 6.84. The summed E-state index contributed by atoms with van der Waals surface area (Å²) in [6.07, 6.45) is -2.83. The van der Waals surface area contributed by atoms with E-state index in [1.54, 1.807) is 10.6 Å². The number of ether oxygens (including phenoxy) is 1. The molecule has 30 heavy (non-hydrogen) atoms. The van der Waals surface area contributed by atoms with Gasteiger partial charge in [-0.15, -0.1) is 0 Å². The number of aromatic nitrogens is 2. The topological polar surface area (TPSA) is 43.6 Å². The Balaban J connectivity index is 1.72. The first kappa shape index (κ1) is 19.7. The van der Waals surface area contributed by atoms with Gasteiger partial charge in [0.1, 0.15) is 17.9 Å². The molecule has 4 rings (SSSR count). The van der Waals surface area contributed by atoms with Crippen molar-refractivity contribution in [3.63, 3.8) is 0 Å². The normalized spacial score (nSPS) is 11.6. The van der Waals surface area contributed by atoms with Gasteiger partial charge in [0.25, 0.3) is 0 Å². The molecular formula is C23H17F3N2O2. The van der Waals surface area contributed by atoms with E-state index in [-0.39, 0.29) is 11.3 Å². The number of aryl methyl sites for hydroxylation is 1. The zero-order chi connectivity index (χ0) is 21.3. The van der Waals surface area contributed by atoms with Gasteiger partial charge in [-0.3, -0.25) is 4.40 Å². The van der Waals surface area contributed by atoms with E-state index >= 15 is 0 Å². The van der Waals surface area contributed by atoms with Crippen molar-refractivity contribution < 1.29 is 22.7 Å². The molecule has 0 aliphatic carbocycles. The van der Waals surface area contributed by atoms with Crippen LogP contribution in [0.4, 0.5) is 13.2 Å². The van der Waals surface area contributed by atoms with Crippen LogP contribution in [0, 0.1) is 6.92 Å². The number of pyridine rings is 1. The van der Waals surface area contributed by atoms with Gasteiger partial charge in [-0.25, -0.2) is 9.78 Å². The summed E-state index contributed by atoms with van der Waals surface area (Å²) in [6, 6.07) is 17.8. The van der Waals surface area contributed by atoms with Gasteiger partial charge in [-0.05, 0) is 30.7 Å². The number of rotatable bonds is 4. The number of hydrogen-bond donors (Lipinski definition) is 0. The molecule has 0 radical (unpaired) electrons. The minimum absolute atomic E-state index is 0.107. The lowest BCUT2D eigenvalue weighted by Crippen LogP contribution is -2.13. The lowest BCUT2D eigenvalue weighted by molar-refractivity contribution is -0.138. The Morgan fingerprint density at radius 2 is 1.73 bits per heavy atom. The molecule has 2 aromatic carbocycles. The van der Waals surface area contributed by atoms with E-state index in [0.29, 0.717) is 16.9 Å². The van der Waals surface area contributed by atoms with Crippen molar-refractivity contribution in [2.75, 3.05) is 0 Å². The molecule has 4 nitrogen and oxygen atoms in total. The van der Waals surface area contributed by atoms with Crippen molar-refractivity contribution in [1.82, 2.24) is 9.38 Å². The third-order valence-electron chi connectivity index (χ3n) is 4.70. The zero-order valence-electron chi connectivity index (χ0n) is 16.0. The lowest BCUT2D eigenvalue weighted by Gasteiger charge is -2.13. The monoisotopic (exact) mass is 410 g/mol. The molecule has 2 heterocycles. The first-order valence-corrected chi connectivity index (χ1v) is 9.21. The molecule has 0 fully saturated rings. The second-order valence-electron chi connectivity index (χ2n) is 6.84. The number of halogens is 3. The quantitative estimate of drug-likeness (QED) is 0.406. The van der Waals surface area contributed by atoms with Gasteiger partial charge in [0.15, 0.2) is 5.69 Å². The second kappa shape index (κ2) is 7.67. The number of nitrogens with zero attached hydrogens (tertiary/aromatic N) is 2. The molecule has 0 amide bonds. The Kier molecular flexibility index (Phi) is 5.03. The molecule has 0 spiro atoms. The van der Waals surface area contributed by atoms with Crippen LogP contribution in [0.3, 0.4) is 0 Å². The van der Waals surface area contributed by atoms with Crippen molar-refractivity contribution in [1.29, 1.82) is 0 Å². The average Bonchev–Trinajstić information content (AvgIpc) is 3.11. The maximum atomic E-state index is 13.2. The Morgan fingerprint density at radius 1 is 1.03 bits per heavy atom. The molecule has 0 saturated carbocycles. The number of fused-ring (bicyclic) bond motifs is 1. The summed E-state index contributed by atoms with van der Waals surface area (Å²) in [4.78, 5) is 17.5. The van der Waals surface area contributed by atoms with Gasteiger partial charge < -0.3 is 4.74 Å². The Hall–Kier alpha value is -3.61. The van der Waals surface area contributed by atoms with Crippen LogP contribution in [0.15, 0.2) is 72.9 Å². The lowest BCUT2D eigenvalue weighted by atomic mass is 10.1. The fraction of sp³-hybridized carbons (Fsp3) is 0.130. The molecule has 0 atom stereocenters. The predicted molar refractivity (Wildman–Crippen MR) is 106 cm³/mol. The van der Waals surface area contributed by atoms with Crippen LogP contribution in [0.5, 0.6) is 0 Å². The third-order valence-corrected chi connectivity index (χ3v) is 4.70. The molecule has 0 aliphatic heterocycles. The Labute approximate surface area is 170 Å². The number of imidazole rings is 1. The molecule has 2 aromatic heterocycles. The summed E-state index contributed by atoms with van der Waals surface area (Å²) in [7, 11) is 0. The SMILES string of the molecule is Cc1ccn2c(C(=O)OCc3ccccc3C(F)(F)F)c(-c3ccccc3)nc2c1. The first-order chi connectivity index (χ1) is 14.3. The standard InChI is InChI=1S/C23H17F3N2O2/c1-15-11-12-28-19(13-15)27-20(16-7-3-2-4-8-16)21(28)22(29)30-14-17-9-5-6-10-18(17)23(24,25)26/h2-13H,14H2,1H3. The van der Waals surface area contributed by atoms with Gasteiger partial charge in [0.05, 0.1) is 5.56 Å². The van der Waals surface area contributed by atoms with E-state index < -0.39 is 24.3 Å². The van der Waals surface area contributed by atoms with E-state index in [1.807, 2.05) is 49.4 Å². The van der Waals surface area contributed by atoms with Gasteiger partial charge in [0.2, 0.25) is 0 Å². The van der Waals surface area contributed by atoms with Crippen molar-refractivity contribution in [2.24, 2.45) is 0 Å². The summed E-state index contributed by atoms with van der Waals surface area (Å²) in [5.41, 5.74) is 1.87. The van der Waals surface area contributed by atoms with Crippen LogP contribution in [-0.2, 0) is 17.5 Å². The van der Waals surface area contributed by atoms with E-state index in [1.165, 1.54) is 18.2 Å². The number of hydrogen-bond acceptors (Lipinski definition) is 3. The summed E-state index contributed by atoms with van der Waals surface area (Å²) < 4.78 is 46.6.